The topological polar surface area (TPSA) is 0 Å². The van der Waals surface area contributed by atoms with Crippen LogP contribution in [0, 0.1) is 19.8 Å². The van der Waals surface area contributed by atoms with Crippen LogP contribution in [0.3, 0.4) is 0 Å². The largest absolute Gasteiger partial charge is 0.103 e. The Hall–Kier alpha value is -1.04. The van der Waals surface area contributed by atoms with Crippen molar-refractivity contribution in [2.24, 2.45) is 0 Å². The molecule has 1 rings (SSSR count). The van der Waals surface area contributed by atoms with Crippen molar-refractivity contribution in [3.63, 3.8) is 0 Å². The number of benzene rings is 1. The van der Waals surface area contributed by atoms with E-state index in [2.05, 4.69) is 45.5 Å². The molecule has 0 aliphatic carbocycles. The van der Waals surface area contributed by atoms with Gasteiger partial charge >= 0.3 is 0 Å². The van der Waals surface area contributed by atoms with Crippen molar-refractivity contribution < 1.29 is 0 Å². The molecule has 69 valence electrons. The third-order valence-corrected chi connectivity index (χ3v) is 2.51. The van der Waals surface area contributed by atoms with Crippen molar-refractivity contribution in [1.29, 1.82) is 0 Å². The van der Waals surface area contributed by atoms with E-state index in [1.807, 2.05) is 6.08 Å². The lowest BCUT2D eigenvalue weighted by Crippen LogP contribution is -1.97. The van der Waals surface area contributed by atoms with E-state index in [1.165, 1.54) is 22.6 Å². The van der Waals surface area contributed by atoms with Crippen LogP contribution in [0.5, 0.6) is 0 Å². The van der Waals surface area contributed by atoms with E-state index >= 15 is 0 Å². The molecular formula is C13H17. The van der Waals surface area contributed by atoms with Crippen molar-refractivity contribution in [2.45, 2.75) is 27.2 Å². The molecule has 0 saturated carbocycles. The summed E-state index contributed by atoms with van der Waals surface area (Å²) >= 11 is 0. The number of hydrogen-bond donors (Lipinski definition) is 0. The zero-order chi connectivity index (χ0) is 9.84. The molecule has 0 aliphatic heterocycles. The zero-order valence-corrected chi connectivity index (χ0v) is 8.72. The molecule has 0 fully saturated rings. The molecule has 0 saturated heterocycles. The fourth-order valence-corrected chi connectivity index (χ4v) is 1.54. The highest BCUT2D eigenvalue weighted by Crippen LogP contribution is 2.23. The van der Waals surface area contributed by atoms with Crippen LogP contribution in [-0.4, -0.2) is 0 Å². The highest BCUT2D eigenvalue weighted by atomic mass is 14.1. The van der Waals surface area contributed by atoms with Gasteiger partial charge in [-0.05, 0) is 37.0 Å². The number of hydrogen-bond acceptors (Lipinski definition) is 0. The van der Waals surface area contributed by atoms with Crippen LogP contribution in [-0.2, 0) is 0 Å². The minimum atomic E-state index is 0.976. The first-order chi connectivity index (χ1) is 6.16. The molecule has 0 atom stereocenters. The van der Waals surface area contributed by atoms with Crippen LogP contribution in [0.2, 0.25) is 0 Å². The normalized spacial score (nSPS) is 10.5. The van der Waals surface area contributed by atoms with E-state index in [1.54, 1.807) is 0 Å². The summed E-state index contributed by atoms with van der Waals surface area (Å²) in [5, 5.41) is 0. The van der Waals surface area contributed by atoms with E-state index in [0.29, 0.717) is 0 Å². The molecule has 13 heavy (non-hydrogen) atoms. The fraction of sp³-hybridized carbons (Fsp3) is 0.308. The molecule has 0 bridgehead atoms. The maximum atomic E-state index is 3.76. The van der Waals surface area contributed by atoms with E-state index in [-0.39, 0.29) is 0 Å². The molecule has 0 heterocycles. The second kappa shape index (κ2) is 4.27. The average molecular weight is 173 g/mol. The minimum absolute atomic E-state index is 0.976. The average Bonchev–Trinajstić information content (AvgIpc) is 2.10. The number of allylic oxidation sites excluding steroid dienone is 1. The summed E-state index contributed by atoms with van der Waals surface area (Å²) < 4.78 is 0. The molecule has 0 heteroatoms. The number of rotatable bonds is 3. The van der Waals surface area contributed by atoms with Crippen LogP contribution in [0.15, 0.2) is 30.9 Å². The van der Waals surface area contributed by atoms with Gasteiger partial charge in [0.1, 0.15) is 0 Å². The Morgan fingerprint density at radius 1 is 1.38 bits per heavy atom. The monoisotopic (exact) mass is 173 g/mol. The molecule has 0 spiro atoms. The van der Waals surface area contributed by atoms with Crippen LogP contribution in [0.4, 0.5) is 0 Å². The van der Waals surface area contributed by atoms with Gasteiger partial charge in [0.25, 0.3) is 0 Å². The lowest BCUT2D eigenvalue weighted by molar-refractivity contribution is 1.01. The van der Waals surface area contributed by atoms with E-state index in [9.17, 15) is 0 Å². The zero-order valence-electron chi connectivity index (χ0n) is 8.72. The van der Waals surface area contributed by atoms with Gasteiger partial charge in [0.05, 0.1) is 0 Å². The van der Waals surface area contributed by atoms with Crippen molar-refractivity contribution in [3.05, 3.63) is 53.5 Å². The molecular weight excluding hydrogens is 156 g/mol. The van der Waals surface area contributed by atoms with Gasteiger partial charge in [0.15, 0.2) is 0 Å². The lowest BCUT2D eigenvalue weighted by Gasteiger charge is -2.13. The van der Waals surface area contributed by atoms with Gasteiger partial charge in [-0.15, -0.1) is 6.58 Å². The Morgan fingerprint density at radius 3 is 2.69 bits per heavy atom. The quantitative estimate of drug-likeness (QED) is 0.609. The first kappa shape index (κ1) is 10.0. The Bertz CT molecular complexity index is 297. The Morgan fingerprint density at radius 2 is 2.08 bits per heavy atom. The minimum Gasteiger partial charge on any atom is -0.103 e. The SMILES string of the molecule is C=CC[C](C)c1cccc(C)c1C. The van der Waals surface area contributed by atoms with Gasteiger partial charge < -0.3 is 0 Å². The van der Waals surface area contributed by atoms with E-state index in [0.717, 1.165) is 6.42 Å². The Kier molecular flexibility index (Phi) is 3.30. The fourth-order valence-electron chi connectivity index (χ4n) is 1.54. The van der Waals surface area contributed by atoms with Gasteiger partial charge in [-0.2, -0.15) is 0 Å². The van der Waals surface area contributed by atoms with Gasteiger partial charge in [0, 0.05) is 5.92 Å². The first-order valence-electron chi connectivity index (χ1n) is 4.66. The highest BCUT2D eigenvalue weighted by Gasteiger charge is 2.07. The number of aryl methyl sites for hydroxylation is 1. The van der Waals surface area contributed by atoms with Crippen molar-refractivity contribution in [1.82, 2.24) is 0 Å². The van der Waals surface area contributed by atoms with Crippen molar-refractivity contribution >= 4 is 0 Å². The van der Waals surface area contributed by atoms with Gasteiger partial charge in [-0.25, -0.2) is 0 Å². The molecule has 0 amide bonds. The molecule has 1 aromatic carbocycles. The van der Waals surface area contributed by atoms with E-state index in [4.69, 9.17) is 0 Å². The van der Waals surface area contributed by atoms with Crippen molar-refractivity contribution in [3.8, 4) is 0 Å². The highest BCUT2D eigenvalue weighted by molar-refractivity contribution is 5.41. The summed E-state index contributed by atoms with van der Waals surface area (Å²) in [4.78, 5) is 0. The maximum Gasteiger partial charge on any atom is 0.00590 e. The summed E-state index contributed by atoms with van der Waals surface area (Å²) in [6, 6.07) is 6.45. The molecule has 0 aromatic heterocycles. The molecule has 0 unspecified atom stereocenters. The summed E-state index contributed by atoms with van der Waals surface area (Å²) in [6.45, 7) is 10.3. The molecule has 0 nitrogen and oxygen atoms in total. The molecule has 1 aromatic rings. The maximum absolute atomic E-state index is 3.76. The van der Waals surface area contributed by atoms with Gasteiger partial charge in [-0.3, -0.25) is 0 Å². The van der Waals surface area contributed by atoms with E-state index < -0.39 is 0 Å². The summed E-state index contributed by atoms with van der Waals surface area (Å²) in [5.41, 5.74) is 4.13. The van der Waals surface area contributed by atoms with Gasteiger partial charge in [0.2, 0.25) is 0 Å². The predicted octanol–water partition coefficient (Wildman–Crippen LogP) is 3.82. The third-order valence-electron chi connectivity index (χ3n) is 2.51. The smallest absolute Gasteiger partial charge is 0.00590 e. The van der Waals surface area contributed by atoms with Crippen LogP contribution in [0.25, 0.3) is 0 Å². The third kappa shape index (κ3) is 2.21. The second-order valence-corrected chi connectivity index (χ2v) is 3.52. The summed E-state index contributed by atoms with van der Waals surface area (Å²) in [6.07, 6.45) is 2.93. The van der Waals surface area contributed by atoms with Crippen LogP contribution in [0.1, 0.15) is 30.0 Å². The Labute approximate surface area is 81.3 Å². The predicted molar refractivity (Wildman–Crippen MR) is 58.7 cm³/mol. The van der Waals surface area contributed by atoms with Crippen LogP contribution >= 0.6 is 0 Å². The van der Waals surface area contributed by atoms with Gasteiger partial charge in [-0.1, -0.05) is 31.2 Å². The first-order valence-corrected chi connectivity index (χ1v) is 4.66. The van der Waals surface area contributed by atoms with Crippen molar-refractivity contribution in [2.75, 3.05) is 0 Å². The molecule has 0 aliphatic rings. The second-order valence-electron chi connectivity index (χ2n) is 3.52. The standard InChI is InChI=1S/C13H17/c1-5-7-11(3)13-9-6-8-10(2)12(13)4/h5-6,8-9H,1,7H2,2-4H3. The Balaban J connectivity index is 3.00. The molecule has 0 N–H and O–H groups in total. The van der Waals surface area contributed by atoms with Crippen LogP contribution < -0.4 is 0 Å². The lowest BCUT2D eigenvalue weighted by atomic mass is 9.91. The molecule has 1 radical (unpaired) electrons. The summed E-state index contributed by atoms with van der Waals surface area (Å²) in [5.74, 6) is 1.40. The summed E-state index contributed by atoms with van der Waals surface area (Å²) in [7, 11) is 0.